The number of aromatic hydroxyl groups is 1. The Morgan fingerprint density at radius 1 is 1.35 bits per heavy atom. The van der Waals surface area contributed by atoms with Gasteiger partial charge in [-0.1, -0.05) is 24.4 Å². The lowest BCUT2D eigenvalue weighted by Crippen LogP contribution is -2.45. The van der Waals surface area contributed by atoms with Crippen molar-refractivity contribution in [3.63, 3.8) is 0 Å². The highest BCUT2D eigenvalue weighted by Crippen LogP contribution is 2.43. The fraction of sp³-hybridized carbons (Fsp3) is 0.625. The lowest BCUT2D eigenvalue weighted by Gasteiger charge is -2.36. The van der Waals surface area contributed by atoms with Crippen LogP contribution in [0.15, 0.2) is 12.1 Å². The first kappa shape index (κ1) is 14.2. The van der Waals surface area contributed by atoms with Crippen LogP contribution in [-0.4, -0.2) is 36.2 Å². The normalized spacial score (nSPS) is 21.9. The quantitative estimate of drug-likeness (QED) is 0.896. The topological polar surface area (TPSA) is 35.5 Å². The summed E-state index contributed by atoms with van der Waals surface area (Å²) in [6.07, 6.45) is 3.82. The highest BCUT2D eigenvalue weighted by molar-refractivity contribution is 6.30. The summed E-state index contributed by atoms with van der Waals surface area (Å²) < 4.78 is 0. The maximum atomic E-state index is 10.5. The predicted molar refractivity (Wildman–Crippen MR) is 82.4 cm³/mol. The van der Waals surface area contributed by atoms with Crippen LogP contribution < -0.4 is 5.32 Å². The second kappa shape index (κ2) is 5.92. The van der Waals surface area contributed by atoms with Crippen molar-refractivity contribution in [2.45, 2.75) is 32.2 Å². The zero-order valence-electron chi connectivity index (χ0n) is 12.0. The number of nitrogens with one attached hydrogen (secondary N) is 1. The van der Waals surface area contributed by atoms with Gasteiger partial charge in [-0.15, -0.1) is 0 Å². The Bertz CT molecular complexity index is 482. The van der Waals surface area contributed by atoms with Crippen LogP contribution in [0.1, 0.15) is 36.4 Å². The molecule has 3 rings (SSSR count). The number of rotatable bonds is 4. The molecule has 1 atom stereocenters. The minimum absolute atomic E-state index is 0.307. The molecule has 3 nitrogen and oxygen atoms in total. The SMILES string of the molecule is Cc1cc(Cl)cc([C@H](CC2CC2)N2CCNCC2)c1O. The summed E-state index contributed by atoms with van der Waals surface area (Å²) in [5.41, 5.74) is 1.90. The van der Waals surface area contributed by atoms with Gasteiger partial charge in [0.2, 0.25) is 0 Å². The third kappa shape index (κ3) is 3.11. The first-order valence-corrected chi connectivity index (χ1v) is 7.96. The fourth-order valence-corrected chi connectivity index (χ4v) is 3.43. The van der Waals surface area contributed by atoms with Crippen molar-refractivity contribution in [2.75, 3.05) is 26.2 Å². The van der Waals surface area contributed by atoms with E-state index in [4.69, 9.17) is 11.6 Å². The smallest absolute Gasteiger partial charge is 0.123 e. The molecule has 0 unspecified atom stereocenters. The summed E-state index contributed by atoms with van der Waals surface area (Å²) in [6, 6.07) is 4.10. The first-order valence-electron chi connectivity index (χ1n) is 7.59. The zero-order valence-corrected chi connectivity index (χ0v) is 12.8. The van der Waals surface area contributed by atoms with Gasteiger partial charge >= 0.3 is 0 Å². The summed E-state index contributed by atoms with van der Waals surface area (Å²) in [7, 11) is 0. The molecule has 1 aromatic carbocycles. The Morgan fingerprint density at radius 2 is 2.05 bits per heavy atom. The molecule has 1 aliphatic heterocycles. The largest absolute Gasteiger partial charge is 0.507 e. The minimum atomic E-state index is 0.307. The number of aryl methyl sites for hydroxylation is 1. The Hall–Kier alpha value is -0.770. The third-order valence-electron chi connectivity index (χ3n) is 4.50. The Kier molecular flexibility index (Phi) is 4.20. The third-order valence-corrected chi connectivity index (χ3v) is 4.72. The molecule has 20 heavy (non-hydrogen) atoms. The molecule has 110 valence electrons. The predicted octanol–water partition coefficient (Wildman–Crippen LogP) is 3.10. The summed E-state index contributed by atoms with van der Waals surface area (Å²) in [5.74, 6) is 1.26. The average molecular weight is 295 g/mol. The van der Waals surface area contributed by atoms with E-state index in [2.05, 4.69) is 10.2 Å². The van der Waals surface area contributed by atoms with E-state index in [1.165, 1.54) is 12.8 Å². The molecule has 2 fully saturated rings. The highest BCUT2D eigenvalue weighted by Gasteiger charge is 2.32. The van der Waals surface area contributed by atoms with Crippen molar-refractivity contribution in [1.29, 1.82) is 0 Å². The molecular formula is C16H23ClN2O. The Labute approximate surface area is 125 Å². The summed E-state index contributed by atoms with van der Waals surface area (Å²) in [5, 5.41) is 14.6. The summed E-state index contributed by atoms with van der Waals surface area (Å²) in [6.45, 7) is 6.07. The van der Waals surface area contributed by atoms with Crippen molar-refractivity contribution in [3.8, 4) is 5.75 Å². The molecule has 1 heterocycles. The number of hydrogen-bond acceptors (Lipinski definition) is 3. The maximum absolute atomic E-state index is 10.5. The molecule has 1 aliphatic carbocycles. The second-order valence-electron chi connectivity index (χ2n) is 6.14. The highest BCUT2D eigenvalue weighted by atomic mass is 35.5. The first-order chi connectivity index (χ1) is 9.65. The summed E-state index contributed by atoms with van der Waals surface area (Å²) in [4.78, 5) is 2.50. The fourth-order valence-electron chi connectivity index (χ4n) is 3.15. The molecule has 4 heteroatoms. The minimum Gasteiger partial charge on any atom is -0.507 e. The maximum Gasteiger partial charge on any atom is 0.123 e. The van der Waals surface area contributed by atoms with Gasteiger partial charge in [0.15, 0.2) is 0 Å². The zero-order chi connectivity index (χ0) is 14.1. The van der Waals surface area contributed by atoms with Gasteiger partial charge < -0.3 is 10.4 Å². The standard InChI is InChI=1S/C16H23ClN2O/c1-11-8-13(17)10-14(16(11)20)15(9-12-2-3-12)19-6-4-18-5-7-19/h8,10,12,15,18,20H,2-7,9H2,1H3/t15-/m0/s1. The van der Waals surface area contributed by atoms with Gasteiger partial charge in [-0.2, -0.15) is 0 Å². The van der Waals surface area contributed by atoms with Crippen LogP contribution in [-0.2, 0) is 0 Å². The van der Waals surface area contributed by atoms with Crippen LogP contribution in [0.5, 0.6) is 5.75 Å². The van der Waals surface area contributed by atoms with Crippen LogP contribution in [0, 0.1) is 12.8 Å². The van der Waals surface area contributed by atoms with E-state index >= 15 is 0 Å². The van der Waals surface area contributed by atoms with E-state index in [0.29, 0.717) is 11.8 Å². The van der Waals surface area contributed by atoms with Gasteiger partial charge in [0.05, 0.1) is 0 Å². The number of phenolic OH excluding ortho intramolecular Hbond substituents is 1. The van der Waals surface area contributed by atoms with Gasteiger partial charge in [-0.25, -0.2) is 0 Å². The van der Waals surface area contributed by atoms with Crippen molar-refractivity contribution in [3.05, 3.63) is 28.3 Å². The molecule has 1 saturated carbocycles. The number of halogens is 1. The van der Waals surface area contributed by atoms with Crippen LogP contribution in [0.2, 0.25) is 5.02 Å². The summed E-state index contributed by atoms with van der Waals surface area (Å²) >= 11 is 6.22. The van der Waals surface area contributed by atoms with E-state index < -0.39 is 0 Å². The molecule has 2 aliphatic rings. The van der Waals surface area contributed by atoms with Gasteiger partial charge in [0.1, 0.15) is 5.75 Å². The van der Waals surface area contributed by atoms with E-state index in [0.717, 1.165) is 54.7 Å². The van der Waals surface area contributed by atoms with Crippen molar-refractivity contribution >= 4 is 11.6 Å². The average Bonchev–Trinajstić information content (AvgIpc) is 3.25. The number of benzene rings is 1. The lowest BCUT2D eigenvalue weighted by atomic mass is 9.96. The lowest BCUT2D eigenvalue weighted by molar-refractivity contribution is 0.158. The van der Waals surface area contributed by atoms with Gasteiger partial charge in [0.25, 0.3) is 0 Å². The van der Waals surface area contributed by atoms with Gasteiger partial charge in [-0.3, -0.25) is 4.90 Å². The molecule has 1 saturated heterocycles. The molecule has 0 radical (unpaired) electrons. The molecule has 2 N–H and O–H groups in total. The second-order valence-corrected chi connectivity index (χ2v) is 6.58. The van der Waals surface area contributed by atoms with Crippen molar-refractivity contribution in [2.24, 2.45) is 5.92 Å². The molecule has 1 aromatic rings. The van der Waals surface area contributed by atoms with Crippen LogP contribution >= 0.6 is 11.6 Å². The van der Waals surface area contributed by atoms with Crippen LogP contribution in [0.25, 0.3) is 0 Å². The van der Waals surface area contributed by atoms with Crippen LogP contribution in [0.4, 0.5) is 0 Å². The monoisotopic (exact) mass is 294 g/mol. The van der Waals surface area contributed by atoms with Crippen molar-refractivity contribution < 1.29 is 5.11 Å². The Morgan fingerprint density at radius 3 is 2.70 bits per heavy atom. The molecule has 0 aromatic heterocycles. The van der Waals surface area contributed by atoms with E-state index in [-0.39, 0.29) is 0 Å². The van der Waals surface area contributed by atoms with E-state index in [9.17, 15) is 5.11 Å². The molecular weight excluding hydrogens is 272 g/mol. The Balaban J connectivity index is 1.90. The molecule has 0 spiro atoms. The molecule has 0 bridgehead atoms. The van der Waals surface area contributed by atoms with Gasteiger partial charge in [0, 0.05) is 42.8 Å². The number of piperazine rings is 1. The number of phenols is 1. The number of nitrogens with zero attached hydrogens (tertiary/aromatic N) is 1. The number of hydrogen-bond donors (Lipinski definition) is 2. The van der Waals surface area contributed by atoms with E-state index in [1.54, 1.807) is 0 Å². The van der Waals surface area contributed by atoms with Crippen molar-refractivity contribution in [1.82, 2.24) is 10.2 Å². The molecule has 0 amide bonds. The van der Waals surface area contributed by atoms with Gasteiger partial charge in [-0.05, 0) is 37.0 Å². The van der Waals surface area contributed by atoms with Crippen LogP contribution in [0.3, 0.4) is 0 Å². The van der Waals surface area contributed by atoms with E-state index in [1.807, 2.05) is 19.1 Å².